The van der Waals surface area contributed by atoms with Gasteiger partial charge in [0.15, 0.2) is 6.04 Å². The number of rotatable bonds is 7. The molecule has 4 nitrogen and oxygen atoms in total. The van der Waals surface area contributed by atoms with Gasteiger partial charge in [-0.05, 0) is 5.56 Å². The molecule has 4 heteroatoms. The van der Waals surface area contributed by atoms with Crippen LogP contribution in [0.15, 0.2) is 96.1 Å². The van der Waals surface area contributed by atoms with Crippen LogP contribution < -0.4 is 10.7 Å². The van der Waals surface area contributed by atoms with Crippen molar-refractivity contribution in [3.63, 3.8) is 0 Å². The van der Waals surface area contributed by atoms with Crippen LogP contribution in [0.5, 0.6) is 0 Å². The fraction of sp³-hybridized carbons (Fsp3) is 0.0909. The van der Waals surface area contributed by atoms with Crippen molar-refractivity contribution in [3.05, 3.63) is 108 Å². The van der Waals surface area contributed by atoms with E-state index in [1.54, 1.807) is 6.21 Å². The second-order valence-electron chi connectivity index (χ2n) is 5.96. The quantitative estimate of drug-likeness (QED) is 0.502. The van der Waals surface area contributed by atoms with Gasteiger partial charge in [0.2, 0.25) is 0 Å². The monoisotopic (exact) mass is 344 g/mol. The minimum atomic E-state index is -0.357. The Balaban J connectivity index is 1.68. The molecule has 0 spiro atoms. The predicted molar refractivity (Wildman–Crippen MR) is 103 cm³/mol. The number of hydrogen-bond donors (Lipinski definition) is 2. The molecule has 130 valence electrons. The summed E-state index contributed by atoms with van der Waals surface area (Å²) >= 11 is 0. The van der Waals surface area contributed by atoms with Crippen molar-refractivity contribution in [1.82, 2.24) is 5.43 Å². The molecule has 0 aliphatic rings. The summed E-state index contributed by atoms with van der Waals surface area (Å²) in [6.07, 6.45) is 1.65. The summed E-state index contributed by atoms with van der Waals surface area (Å²) in [5.74, 6) is -0.140. The summed E-state index contributed by atoms with van der Waals surface area (Å²) in [5, 5.41) is 6.12. The zero-order chi connectivity index (χ0) is 18.0. The average molecular weight is 344 g/mol. The molecule has 0 aliphatic carbocycles. The summed E-state index contributed by atoms with van der Waals surface area (Å²) in [6, 6.07) is 29.2. The Bertz CT molecular complexity index is 833. The van der Waals surface area contributed by atoms with Crippen LogP contribution in [0.25, 0.3) is 0 Å². The smallest absolute Gasteiger partial charge is 0.303 e. The maximum Gasteiger partial charge on any atom is 0.303 e. The summed E-state index contributed by atoms with van der Waals surface area (Å²) < 4.78 is 0. The van der Waals surface area contributed by atoms with E-state index < -0.39 is 0 Å². The lowest BCUT2D eigenvalue weighted by Crippen LogP contribution is -2.86. The molecule has 3 rings (SSSR count). The van der Waals surface area contributed by atoms with Gasteiger partial charge in [-0.1, -0.05) is 91.0 Å². The van der Waals surface area contributed by atoms with Crippen LogP contribution >= 0.6 is 0 Å². The van der Waals surface area contributed by atoms with Gasteiger partial charge in [-0.15, -0.1) is 0 Å². The summed E-state index contributed by atoms with van der Waals surface area (Å²) in [5.41, 5.74) is 5.74. The highest BCUT2D eigenvalue weighted by atomic mass is 16.2. The third-order valence-electron chi connectivity index (χ3n) is 4.06. The molecule has 0 aliphatic heterocycles. The highest BCUT2D eigenvalue weighted by molar-refractivity contribution is 5.84. The highest BCUT2D eigenvalue weighted by Crippen LogP contribution is 2.09. The molecular weight excluding hydrogens is 322 g/mol. The second-order valence-corrected chi connectivity index (χ2v) is 5.96. The van der Waals surface area contributed by atoms with Crippen LogP contribution in [0.1, 0.15) is 22.7 Å². The van der Waals surface area contributed by atoms with Crippen molar-refractivity contribution in [1.29, 1.82) is 0 Å². The lowest BCUT2D eigenvalue weighted by Gasteiger charge is -2.14. The van der Waals surface area contributed by atoms with Crippen molar-refractivity contribution >= 4 is 12.1 Å². The molecule has 0 aromatic heterocycles. The molecule has 0 unspecified atom stereocenters. The van der Waals surface area contributed by atoms with Gasteiger partial charge in [-0.25, -0.2) is 5.43 Å². The van der Waals surface area contributed by atoms with Crippen molar-refractivity contribution in [3.8, 4) is 0 Å². The number of amides is 1. The molecule has 1 amide bonds. The van der Waals surface area contributed by atoms with Crippen LogP contribution in [0, 0.1) is 0 Å². The van der Waals surface area contributed by atoms with E-state index in [0.717, 1.165) is 17.7 Å². The molecule has 0 fully saturated rings. The molecule has 1 atom stereocenters. The lowest BCUT2D eigenvalue weighted by atomic mass is 10.1. The molecule has 0 radical (unpaired) electrons. The van der Waals surface area contributed by atoms with Crippen LogP contribution in [-0.2, 0) is 11.3 Å². The van der Waals surface area contributed by atoms with Crippen LogP contribution in [0.4, 0.5) is 0 Å². The third-order valence-corrected chi connectivity index (χ3v) is 4.06. The Hall–Kier alpha value is -3.24. The number of nitrogens with one attached hydrogen (secondary N) is 1. The van der Waals surface area contributed by atoms with Gasteiger partial charge >= 0.3 is 5.91 Å². The molecule has 0 heterocycles. The summed E-state index contributed by atoms with van der Waals surface area (Å²) in [4.78, 5) is 12.7. The maximum absolute atomic E-state index is 12.7. The summed E-state index contributed by atoms with van der Waals surface area (Å²) in [6.45, 7) is 0.718. The Morgan fingerprint density at radius 3 is 2.12 bits per heavy atom. The van der Waals surface area contributed by atoms with Gasteiger partial charge in [-0.3, -0.25) is 4.79 Å². The molecule has 26 heavy (non-hydrogen) atoms. The predicted octanol–water partition coefficient (Wildman–Crippen LogP) is 2.64. The molecular formula is C22H22N3O+. The van der Waals surface area contributed by atoms with E-state index in [4.69, 9.17) is 0 Å². The molecule has 3 N–H and O–H groups in total. The zero-order valence-electron chi connectivity index (χ0n) is 14.5. The Morgan fingerprint density at radius 1 is 0.885 bits per heavy atom. The van der Waals surface area contributed by atoms with Crippen molar-refractivity contribution in [2.45, 2.75) is 12.6 Å². The molecule has 0 saturated heterocycles. The van der Waals surface area contributed by atoms with E-state index in [1.807, 2.05) is 84.2 Å². The lowest BCUT2D eigenvalue weighted by molar-refractivity contribution is -0.698. The number of hydrazone groups is 1. The van der Waals surface area contributed by atoms with Gasteiger partial charge < -0.3 is 5.32 Å². The van der Waals surface area contributed by atoms with Crippen molar-refractivity contribution in [2.24, 2.45) is 5.10 Å². The van der Waals surface area contributed by atoms with Crippen LogP contribution in [-0.4, -0.2) is 12.1 Å². The van der Waals surface area contributed by atoms with Crippen LogP contribution in [0.3, 0.4) is 0 Å². The topological polar surface area (TPSA) is 58.1 Å². The standard InChI is InChI=1S/C22H21N3O/c26-22(25-24-17-19-12-6-2-7-13-19)21(20-14-8-3-9-15-20)23-16-18-10-4-1-5-11-18/h1-15,17,21,23H,16H2,(H,25,26)/p+1/b24-17-/t21-/m0/s1. The van der Waals surface area contributed by atoms with E-state index in [1.165, 1.54) is 5.56 Å². The largest absolute Gasteiger partial charge is 0.328 e. The van der Waals surface area contributed by atoms with Crippen LogP contribution in [0.2, 0.25) is 0 Å². The molecule has 0 saturated carbocycles. The Morgan fingerprint density at radius 2 is 1.46 bits per heavy atom. The first-order chi connectivity index (χ1) is 12.8. The van der Waals surface area contributed by atoms with Gasteiger partial charge in [-0.2, -0.15) is 5.10 Å². The normalized spacial score (nSPS) is 12.0. The number of hydrogen-bond acceptors (Lipinski definition) is 2. The van der Waals surface area contributed by atoms with E-state index >= 15 is 0 Å². The van der Waals surface area contributed by atoms with E-state index in [-0.39, 0.29) is 11.9 Å². The van der Waals surface area contributed by atoms with Gasteiger partial charge in [0, 0.05) is 11.1 Å². The van der Waals surface area contributed by atoms with Crippen molar-refractivity contribution < 1.29 is 10.1 Å². The minimum absolute atomic E-state index is 0.140. The van der Waals surface area contributed by atoms with E-state index in [0.29, 0.717) is 0 Å². The SMILES string of the molecule is O=C(N/N=C\c1ccccc1)[C@@H]([NH2+]Cc1ccccc1)c1ccccc1. The second kappa shape index (κ2) is 9.30. The Kier molecular flexibility index (Phi) is 6.29. The van der Waals surface area contributed by atoms with Gasteiger partial charge in [0.25, 0.3) is 0 Å². The molecule has 0 bridgehead atoms. The average Bonchev–Trinajstić information content (AvgIpc) is 2.70. The number of quaternary nitrogens is 1. The number of nitrogens with two attached hydrogens (primary N) is 1. The highest BCUT2D eigenvalue weighted by Gasteiger charge is 2.23. The number of carbonyl (C=O) groups is 1. The molecule has 3 aromatic rings. The van der Waals surface area contributed by atoms with Gasteiger partial charge in [0.1, 0.15) is 6.54 Å². The zero-order valence-corrected chi connectivity index (χ0v) is 14.5. The fourth-order valence-corrected chi connectivity index (χ4v) is 2.70. The number of nitrogens with zero attached hydrogens (tertiary/aromatic N) is 1. The fourth-order valence-electron chi connectivity index (χ4n) is 2.70. The minimum Gasteiger partial charge on any atom is -0.328 e. The van der Waals surface area contributed by atoms with E-state index in [2.05, 4.69) is 22.7 Å². The van der Waals surface area contributed by atoms with Gasteiger partial charge in [0.05, 0.1) is 6.21 Å². The number of carbonyl (C=O) groups excluding carboxylic acids is 1. The first-order valence-electron chi connectivity index (χ1n) is 8.63. The Labute approximate surface area is 153 Å². The third kappa shape index (κ3) is 5.13. The number of benzene rings is 3. The first kappa shape index (κ1) is 17.6. The van der Waals surface area contributed by atoms with E-state index in [9.17, 15) is 4.79 Å². The van der Waals surface area contributed by atoms with Crippen molar-refractivity contribution in [2.75, 3.05) is 0 Å². The molecule has 3 aromatic carbocycles. The maximum atomic E-state index is 12.7. The first-order valence-corrected chi connectivity index (χ1v) is 8.63. The summed E-state index contributed by atoms with van der Waals surface area (Å²) in [7, 11) is 0.